The van der Waals surface area contributed by atoms with Crippen LogP contribution in [-0.2, 0) is 4.79 Å². The molecule has 11 heteroatoms. The molecule has 2 aliphatic rings. The van der Waals surface area contributed by atoms with Crippen LogP contribution in [0.3, 0.4) is 0 Å². The van der Waals surface area contributed by atoms with E-state index < -0.39 is 12.1 Å². The first kappa shape index (κ1) is 21.9. The Labute approximate surface area is 174 Å². The van der Waals surface area contributed by atoms with E-state index in [1.807, 2.05) is 34.9 Å². The summed E-state index contributed by atoms with van der Waals surface area (Å²) < 4.78 is 37.8. The normalized spacial score (nSPS) is 19.4. The maximum atomic E-state index is 12.4. The van der Waals surface area contributed by atoms with Crippen molar-refractivity contribution in [1.29, 1.82) is 0 Å². The molecule has 0 bridgehead atoms. The van der Waals surface area contributed by atoms with Crippen LogP contribution >= 0.6 is 11.8 Å². The number of aliphatic carboxylic acids is 1. The zero-order valence-electron chi connectivity index (χ0n) is 15.6. The second kappa shape index (κ2) is 8.90. The van der Waals surface area contributed by atoms with Gasteiger partial charge in [0.15, 0.2) is 0 Å². The van der Waals surface area contributed by atoms with Crippen LogP contribution in [0.25, 0.3) is 0 Å². The Hall–Kier alpha value is -2.82. The molecule has 1 amide bonds. The number of rotatable bonds is 3. The highest BCUT2D eigenvalue weighted by Crippen LogP contribution is 2.46. The number of hydrogen-bond donors (Lipinski definition) is 1. The Balaban J connectivity index is 0.000000318. The topological polar surface area (TPSA) is 92.6 Å². The van der Waals surface area contributed by atoms with Gasteiger partial charge in [0.25, 0.3) is 5.91 Å². The molecule has 2 fully saturated rings. The standard InChI is InChI=1S/C17H17N3O2S.C2HF3O2/c21-16(13-4-7-18-8-5-13)20-11-17(12-20)9-14(10-23-17)22-15-3-1-2-6-19-15;3-2(4,5)1(6)7/h1-8,14H,9-12H2;(H,6,7). The molecule has 1 unspecified atom stereocenters. The smallest absolute Gasteiger partial charge is 0.475 e. The van der Waals surface area contributed by atoms with E-state index >= 15 is 0 Å². The molecule has 4 rings (SSSR count). The molecule has 1 spiro atoms. The van der Waals surface area contributed by atoms with E-state index in [0.29, 0.717) is 11.4 Å². The molecule has 2 aromatic rings. The largest absolute Gasteiger partial charge is 0.490 e. The van der Waals surface area contributed by atoms with Gasteiger partial charge in [0.05, 0.1) is 4.75 Å². The minimum absolute atomic E-state index is 0.0905. The third kappa shape index (κ3) is 5.41. The van der Waals surface area contributed by atoms with Gasteiger partial charge in [0.1, 0.15) is 6.10 Å². The van der Waals surface area contributed by atoms with Gasteiger partial charge in [-0.1, -0.05) is 6.07 Å². The van der Waals surface area contributed by atoms with Crippen molar-refractivity contribution in [3.63, 3.8) is 0 Å². The Bertz CT molecular complexity index is 878. The number of hydrogen-bond acceptors (Lipinski definition) is 6. The molecule has 1 atom stereocenters. The number of carboxylic acids is 1. The van der Waals surface area contributed by atoms with Crippen molar-refractivity contribution in [3.05, 3.63) is 54.5 Å². The minimum atomic E-state index is -5.08. The number of aromatic nitrogens is 2. The van der Waals surface area contributed by atoms with Crippen LogP contribution in [0.2, 0.25) is 0 Å². The second-order valence-electron chi connectivity index (χ2n) is 6.81. The van der Waals surface area contributed by atoms with Crippen LogP contribution in [0.4, 0.5) is 13.2 Å². The molecule has 2 aromatic heterocycles. The molecule has 0 radical (unpaired) electrons. The maximum Gasteiger partial charge on any atom is 0.490 e. The van der Waals surface area contributed by atoms with Gasteiger partial charge in [-0.25, -0.2) is 9.78 Å². The van der Waals surface area contributed by atoms with E-state index in [2.05, 4.69) is 9.97 Å². The molecule has 1 N–H and O–H groups in total. The molecule has 0 aliphatic carbocycles. The number of pyridine rings is 2. The summed E-state index contributed by atoms with van der Waals surface area (Å²) in [6.45, 7) is 1.59. The molecule has 2 saturated heterocycles. The van der Waals surface area contributed by atoms with Crippen molar-refractivity contribution in [2.24, 2.45) is 0 Å². The van der Waals surface area contributed by atoms with Gasteiger partial charge >= 0.3 is 12.1 Å². The average molecular weight is 441 g/mol. The van der Waals surface area contributed by atoms with Crippen LogP contribution in [0.5, 0.6) is 5.88 Å². The number of carbonyl (C=O) groups excluding carboxylic acids is 1. The van der Waals surface area contributed by atoms with Gasteiger partial charge in [0, 0.05) is 55.5 Å². The SMILES string of the molecule is O=C(O)C(F)(F)F.O=C(c1ccncc1)N1CC2(CC(Oc3ccccn3)CS2)C1. The van der Waals surface area contributed by atoms with Gasteiger partial charge in [-0.2, -0.15) is 13.2 Å². The number of ether oxygens (including phenoxy) is 1. The molecule has 30 heavy (non-hydrogen) atoms. The van der Waals surface area contributed by atoms with Gasteiger partial charge in [0.2, 0.25) is 5.88 Å². The summed E-state index contributed by atoms with van der Waals surface area (Å²) in [6, 6.07) is 9.23. The predicted molar refractivity (Wildman–Crippen MR) is 102 cm³/mol. The van der Waals surface area contributed by atoms with Crippen molar-refractivity contribution in [2.45, 2.75) is 23.4 Å². The van der Waals surface area contributed by atoms with E-state index in [0.717, 1.165) is 25.3 Å². The first-order chi connectivity index (χ1) is 14.2. The van der Waals surface area contributed by atoms with E-state index in [4.69, 9.17) is 14.6 Å². The van der Waals surface area contributed by atoms with Crippen molar-refractivity contribution in [1.82, 2.24) is 14.9 Å². The summed E-state index contributed by atoms with van der Waals surface area (Å²) in [5.41, 5.74) is 0.708. The monoisotopic (exact) mass is 441 g/mol. The summed E-state index contributed by atoms with van der Waals surface area (Å²) in [5.74, 6) is -1.03. The lowest BCUT2D eigenvalue weighted by Crippen LogP contribution is -2.60. The zero-order valence-corrected chi connectivity index (χ0v) is 16.4. The maximum absolute atomic E-state index is 12.4. The summed E-state index contributed by atoms with van der Waals surface area (Å²) >= 11 is 1.92. The van der Waals surface area contributed by atoms with Crippen LogP contribution in [0, 0.1) is 0 Å². The van der Waals surface area contributed by atoms with Crippen molar-refractivity contribution in [2.75, 3.05) is 18.8 Å². The van der Waals surface area contributed by atoms with Crippen LogP contribution in [-0.4, -0.2) is 67.7 Å². The van der Waals surface area contributed by atoms with Crippen molar-refractivity contribution < 1.29 is 32.6 Å². The molecular weight excluding hydrogens is 423 g/mol. The first-order valence-corrected chi connectivity index (χ1v) is 9.88. The van der Waals surface area contributed by atoms with E-state index in [-0.39, 0.29) is 16.8 Å². The van der Waals surface area contributed by atoms with Crippen LogP contribution < -0.4 is 4.74 Å². The number of alkyl halides is 3. The highest BCUT2D eigenvalue weighted by atomic mass is 32.2. The van der Waals surface area contributed by atoms with Gasteiger partial charge in [-0.05, 0) is 18.2 Å². The number of carboxylic acid groups (broad SMARTS) is 1. The van der Waals surface area contributed by atoms with Gasteiger partial charge in [-0.3, -0.25) is 9.78 Å². The molecule has 2 aliphatic heterocycles. The summed E-state index contributed by atoms with van der Waals surface area (Å²) in [7, 11) is 0. The van der Waals surface area contributed by atoms with Gasteiger partial charge < -0.3 is 14.7 Å². The number of nitrogens with zero attached hydrogens (tertiary/aromatic N) is 3. The lowest BCUT2D eigenvalue weighted by atomic mass is 9.92. The molecular formula is C19H18F3N3O4S. The lowest BCUT2D eigenvalue weighted by Gasteiger charge is -2.47. The van der Waals surface area contributed by atoms with Crippen LogP contribution in [0.1, 0.15) is 16.8 Å². The number of amides is 1. The van der Waals surface area contributed by atoms with E-state index in [1.54, 1.807) is 30.7 Å². The highest BCUT2D eigenvalue weighted by Gasteiger charge is 2.51. The number of thioether (sulfide) groups is 1. The fraction of sp³-hybridized carbons (Fsp3) is 0.368. The number of likely N-dealkylation sites (tertiary alicyclic amines) is 1. The number of carbonyl (C=O) groups is 2. The second-order valence-corrected chi connectivity index (χ2v) is 8.29. The third-order valence-corrected chi connectivity index (χ3v) is 6.09. The Morgan fingerprint density at radius 1 is 1.17 bits per heavy atom. The molecule has 7 nitrogen and oxygen atoms in total. The first-order valence-electron chi connectivity index (χ1n) is 8.90. The summed E-state index contributed by atoms with van der Waals surface area (Å²) in [5, 5.41) is 7.12. The molecule has 4 heterocycles. The Morgan fingerprint density at radius 3 is 2.40 bits per heavy atom. The summed E-state index contributed by atoms with van der Waals surface area (Å²) in [4.78, 5) is 31.4. The highest BCUT2D eigenvalue weighted by molar-refractivity contribution is 8.01. The molecule has 160 valence electrons. The van der Waals surface area contributed by atoms with Crippen LogP contribution in [0.15, 0.2) is 48.9 Å². The zero-order chi connectivity index (χ0) is 21.8. The van der Waals surface area contributed by atoms with Crippen molar-refractivity contribution >= 4 is 23.6 Å². The predicted octanol–water partition coefficient (Wildman–Crippen LogP) is 2.89. The third-order valence-electron chi connectivity index (χ3n) is 4.52. The Kier molecular flexibility index (Phi) is 6.49. The minimum Gasteiger partial charge on any atom is -0.475 e. The van der Waals surface area contributed by atoms with Crippen molar-refractivity contribution in [3.8, 4) is 5.88 Å². The lowest BCUT2D eigenvalue weighted by molar-refractivity contribution is -0.192. The average Bonchev–Trinajstić information content (AvgIpc) is 3.12. The fourth-order valence-corrected chi connectivity index (χ4v) is 4.68. The van der Waals surface area contributed by atoms with E-state index in [1.165, 1.54) is 0 Å². The number of halogens is 3. The van der Waals surface area contributed by atoms with E-state index in [9.17, 15) is 18.0 Å². The summed E-state index contributed by atoms with van der Waals surface area (Å²) in [6.07, 6.45) is 1.11. The Morgan fingerprint density at radius 2 is 1.83 bits per heavy atom. The molecule has 0 aromatic carbocycles. The van der Waals surface area contributed by atoms with Gasteiger partial charge in [-0.15, -0.1) is 11.8 Å². The fourth-order valence-electron chi connectivity index (χ4n) is 3.16. The quantitative estimate of drug-likeness (QED) is 0.783. The molecule has 0 saturated carbocycles.